The summed E-state index contributed by atoms with van der Waals surface area (Å²) in [5.74, 6) is 0.561. The van der Waals surface area contributed by atoms with Gasteiger partial charge in [0.1, 0.15) is 0 Å². The summed E-state index contributed by atoms with van der Waals surface area (Å²) in [4.78, 5) is 28.3. The van der Waals surface area contributed by atoms with E-state index in [1.807, 2.05) is 61.5 Å². The lowest BCUT2D eigenvalue weighted by Crippen LogP contribution is -2.36. The zero-order valence-electron chi connectivity index (χ0n) is 23.0. The average molecular weight is 525 g/mol. The normalized spacial score (nSPS) is 14.0. The standard InChI is InChI=1S/C34H40N2O3/c1-2-39-23-9-20-35-34(38)32-26-30(25-31(37)16-14-27-10-5-3-6-11-27)15-17-33(32)36-21-18-29(19-22-36)24-28-12-7-4-8-13-28/h3-8,10-17,26,29H,2,9,18-25H2,1H3,(H,35,38)/b16-14+. The molecule has 3 aromatic carbocycles. The molecule has 5 nitrogen and oxygen atoms in total. The Hall–Kier alpha value is -3.70. The molecule has 1 saturated heterocycles. The van der Waals surface area contributed by atoms with Crippen LogP contribution in [0.25, 0.3) is 6.08 Å². The monoisotopic (exact) mass is 524 g/mol. The Morgan fingerprint density at radius 1 is 0.949 bits per heavy atom. The second-order valence-corrected chi connectivity index (χ2v) is 10.2. The maximum Gasteiger partial charge on any atom is 0.253 e. The number of rotatable bonds is 13. The van der Waals surface area contributed by atoms with Crippen molar-refractivity contribution in [2.45, 2.75) is 39.0 Å². The lowest BCUT2D eigenvalue weighted by molar-refractivity contribution is -0.113. The van der Waals surface area contributed by atoms with Crippen molar-refractivity contribution in [3.63, 3.8) is 0 Å². The largest absolute Gasteiger partial charge is 0.382 e. The first-order valence-electron chi connectivity index (χ1n) is 14.2. The maximum atomic E-state index is 13.3. The van der Waals surface area contributed by atoms with E-state index in [1.54, 1.807) is 6.08 Å². The minimum absolute atomic E-state index is 0.0106. The van der Waals surface area contributed by atoms with Gasteiger partial charge in [-0.3, -0.25) is 9.59 Å². The Bertz CT molecular complexity index is 1220. The van der Waals surface area contributed by atoms with Crippen LogP contribution in [0.1, 0.15) is 53.2 Å². The molecule has 1 aliphatic heterocycles. The van der Waals surface area contributed by atoms with Gasteiger partial charge < -0.3 is 15.0 Å². The van der Waals surface area contributed by atoms with Crippen molar-refractivity contribution in [3.8, 4) is 0 Å². The molecule has 0 saturated carbocycles. The van der Waals surface area contributed by atoms with E-state index >= 15 is 0 Å². The summed E-state index contributed by atoms with van der Waals surface area (Å²) in [6.45, 7) is 5.66. The number of hydrogen-bond acceptors (Lipinski definition) is 4. The number of allylic oxidation sites excluding steroid dienone is 1. The van der Waals surface area contributed by atoms with Crippen molar-refractivity contribution < 1.29 is 14.3 Å². The second-order valence-electron chi connectivity index (χ2n) is 10.2. The molecule has 1 aliphatic rings. The summed E-state index contributed by atoms with van der Waals surface area (Å²) >= 11 is 0. The molecule has 1 heterocycles. The highest BCUT2D eigenvalue weighted by Crippen LogP contribution is 2.29. The van der Waals surface area contributed by atoms with E-state index < -0.39 is 0 Å². The highest BCUT2D eigenvalue weighted by atomic mass is 16.5. The summed E-state index contributed by atoms with van der Waals surface area (Å²) in [5, 5.41) is 3.06. The van der Waals surface area contributed by atoms with Gasteiger partial charge in [-0.25, -0.2) is 0 Å². The Labute approximate surface area is 232 Å². The third-order valence-electron chi connectivity index (χ3n) is 7.22. The van der Waals surface area contributed by atoms with Crippen LogP contribution in [-0.2, 0) is 22.4 Å². The molecule has 0 unspecified atom stereocenters. The van der Waals surface area contributed by atoms with Gasteiger partial charge in [-0.05, 0) is 73.4 Å². The summed E-state index contributed by atoms with van der Waals surface area (Å²) in [7, 11) is 0. The fourth-order valence-electron chi connectivity index (χ4n) is 5.11. The quantitative estimate of drug-likeness (QED) is 0.216. The van der Waals surface area contributed by atoms with Crippen molar-refractivity contribution in [2.75, 3.05) is 37.7 Å². The van der Waals surface area contributed by atoms with Crippen LogP contribution >= 0.6 is 0 Å². The van der Waals surface area contributed by atoms with E-state index in [9.17, 15) is 9.59 Å². The Morgan fingerprint density at radius 3 is 2.38 bits per heavy atom. The number of ether oxygens (including phenoxy) is 1. The van der Waals surface area contributed by atoms with Crippen molar-refractivity contribution in [1.82, 2.24) is 5.32 Å². The lowest BCUT2D eigenvalue weighted by Gasteiger charge is -2.35. The molecule has 39 heavy (non-hydrogen) atoms. The number of ketones is 1. The molecule has 0 bridgehead atoms. The van der Waals surface area contributed by atoms with Gasteiger partial charge >= 0.3 is 0 Å². The number of nitrogens with zero attached hydrogens (tertiary/aromatic N) is 1. The molecule has 4 rings (SSSR count). The summed E-state index contributed by atoms with van der Waals surface area (Å²) in [5.41, 5.74) is 4.82. The predicted molar refractivity (Wildman–Crippen MR) is 159 cm³/mol. The number of piperidine rings is 1. The second kappa shape index (κ2) is 15.0. The molecule has 5 heteroatoms. The van der Waals surface area contributed by atoms with E-state index in [0.717, 1.165) is 55.6 Å². The van der Waals surface area contributed by atoms with Crippen LogP contribution in [0, 0.1) is 5.92 Å². The van der Waals surface area contributed by atoms with Crippen LogP contribution in [0.2, 0.25) is 0 Å². The first-order chi connectivity index (χ1) is 19.1. The van der Waals surface area contributed by atoms with Crippen LogP contribution in [-0.4, -0.2) is 44.5 Å². The molecule has 0 spiro atoms. The molecule has 0 aliphatic carbocycles. The average Bonchev–Trinajstić information content (AvgIpc) is 2.97. The molecule has 204 valence electrons. The predicted octanol–water partition coefficient (Wildman–Crippen LogP) is 6.13. The summed E-state index contributed by atoms with van der Waals surface area (Å²) in [6.07, 6.45) is 7.76. The van der Waals surface area contributed by atoms with E-state index in [2.05, 4.69) is 40.5 Å². The van der Waals surface area contributed by atoms with Gasteiger partial charge in [0.25, 0.3) is 5.91 Å². The van der Waals surface area contributed by atoms with Crippen LogP contribution < -0.4 is 10.2 Å². The number of benzene rings is 3. The molecule has 0 radical (unpaired) electrons. The van der Waals surface area contributed by atoms with Gasteiger partial charge in [0, 0.05) is 45.0 Å². The zero-order valence-corrected chi connectivity index (χ0v) is 23.0. The zero-order chi connectivity index (χ0) is 27.3. The van der Waals surface area contributed by atoms with E-state index in [4.69, 9.17) is 4.74 Å². The maximum absolute atomic E-state index is 13.3. The number of nitrogens with one attached hydrogen (secondary N) is 1. The number of anilines is 1. The van der Waals surface area contributed by atoms with Crippen LogP contribution in [0.15, 0.2) is 84.9 Å². The first kappa shape index (κ1) is 28.3. The fourth-order valence-corrected chi connectivity index (χ4v) is 5.11. The molecule has 1 N–H and O–H groups in total. The number of amides is 1. The number of hydrogen-bond donors (Lipinski definition) is 1. The van der Waals surface area contributed by atoms with Crippen molar-refractivity contribution in [1.29, 1.82) is 0 Å². The third-order valence-corrected chi connectivity index (χ3v) is 7.22. The number of carbonyl (C=O) groups is 2. The smallest absolute Gasteiger partial charge is 0.253 e. The van der Waals surface area contributed by atoms with E-state index in [0.29, 0.717) is 31.2 Å². The highest BCUT2D eigenvalue weighted by molar-refractivity contribution is 6.01. The molecular formula is C34H40N2O3. The highest BCUT2D eigenvalue weighted by Gasteiger charge is 2.23. The van der Waals surface area contributed by atoms with Gasteiger partial charge in [0.2, 0.25) is 0 Å². The minimum Gasteiger partial charge on any atom is -0.382 e. The van der Waals surface area contributed by atoms with Crippen LogP contribution in [0.4, 0.5) is 5.69 Å². The minimum atomic E-state index is -0.0953. The van der Waals surface area contributed by atoms with Crippen LogP contribution in [0.3, 0.4) is 0 Å². The van der Waals surface area contributed by atoms with Gasteiger partial charge in [-0.1, -0.05) is 72.8 Å². The van der Waals surface area contributed by atoms with Crippen molar-refractivity contribution in [2.24, 2.45) is 5.92 Å². The molecule has 1 fully saturated rings. The summed E-state index contributed by atoms with van der Waals surface area (Å²) < 4.78 is 5.41. The van der Waals surface area contributed by atoms with Crippen molar-refractivity contribution in [3.05, 3.63) is 107 Å². The third kappa shape index (κ3) is 8.93. The van der Waals surface area contributed by atoms with Crippen molar-refractivity contribution >= 4 is 23.5 Å². The molecule has 0 atom stereocenters. The molecule has 3 aromatic rings. The SMILES string of the molecule is CCOCCCNC(=O)c1cc(CC(=O)/C=C/c2ccccc2)ccc1N1CCC(Cc2ccccc2)CC1. The van der Waals surface area contributed by atoms with E-state index in [-0.39, 0.29) is 18.1 Å². The molecular weight excluding hydrogens is 484 g/mol. The van der Waals surface area contributed by atoms with E-state index in [1.165, 1.54) is 5.56 Å². The van der Waals surface area contributed by atoms with Gasteiger partial charge in [-0.15, -0.1) is 0 Å². The van der Waals surface area contributed by atoms with Gasteiger partial charge in [0.05, 0.1) is 5.56 Å². The fraction of sp³-hybridized carbons (Fsp3) is 0.353. The summed E-state index contributed by atoms with van der Waals surface area (Å²) in [6, 6.07) is 26.4. The first-order valence-corrected chi connectivity index (χ1v) is 14.2. The molecule has 0 aromatic heterocycles. The number of carbonyl (C=O) groups excluding carboxylic acids is 2. The topological polar surface area (TPSA) is 58.6 Å². The Balaban J connectivity index is 1.43. The Kier molecular flexibility index (Phi) is 10.9. The van der Waals surface area contributed by atoms with Gasteiger partial charge in [0.15, 0.2) is 5.78 Å². The lowest BCUT2D eigenvalue weighted by atomic mass is 9.89. The van der Waals surface area contributed by atoms with Crippen LogP contribution in [0.5, 0.6) is 0 Å². The van der Waals surface area contributed by atoms with Gasteiger partial charge in [-0.2, -0.15) is 0 Å². The molecule has 1 amide bonds. The Morgan fingerprint density at radius 2 is 1.67 bits per heavy atom.